The molecule has 16 heavy (non-hydrogen) atoms. The van der Waals surface area contributed by atoms with Gasteiger partial charge in [0, 0.05) is 44.0 Å². The molecule has 1 heterocycles. The zero-order valence-electron chi connectivity index (χ0n) is 11.2. The zero-order valence-corrected chi connectivity index (χ0v) is 11.2. The van der Waals surface area contributed by atoms with E-state index in [-0.39, 0.29) is 5.41 Å². The van der Waals surface area contributed by atoms with Crippen LogP contribution in [0.1, 0.15) is 26.3 Å². The number of likely N-dealkylation sites (N-methyl/N-ethyl adjacent to an activating group) is 1. The lowest BCUT2D eigenvalue weighted by molar-refractivity contribution is 0.454. The molecule has 0 saturated carbocycles. The zero-order chi connectivity index (χ0) is 12.1. The van der Waals surface area contributed by atoms with E-state index in [2.05, 4.69) is 69.9 Å². The highest BCUT2D eigenvalue weighted by atomic mass is 15.2. The molecule has 1 unspecified atom stereocenters. The molecule has 1 atom stereocenters. The minimum Gasteiger partial charge on any atom is -0.378 e. The molecule has 2 rings (SSSR count). The largest absolute Gasteiger partial charge is 0.378 e. The first-order valence-electron chi connectivity index (χ1n) is 5.90. The third kappa shape index (κ3) is 1.40. The topological polar surface area (TPSA) is 6.48 Å². The molecule has 0 bridgehead atoms. The van der Waals surface area contributed by atoms with Crippen molar-refractivity contribution in [2.45, 2.75) is 32.2 Å². The fourth-order valence-electron chi connectivity index (χ4n) is 2.55. The van der Waals surface area contributed by atoms with Crippen LogP contribution in [0.25, 0.3) is 0 Å². The minimum absolute atomic E-state index is 0.245. The summed E-state index contributed by atoms with van der Waals surface area (Å²) in [7, 11) is 6.37. The van der Waals surface area contributed by atoms with Gasteiger partial charge < -0.3 is 9.80 Å². The summed E-state index contributed by atoms with van der Waals surface area (Å²) in [4.78, 5) is 4.55. The average molecular weight is 218 g/mol. The summed E-state index contributed by atoms with van der Waals surface area (Å²) in [5.41, 5.74) is 4.36. The van der Waals surface area contributed by atoms with E-state index < -0.39 is 0 Å². The smallest absolute Gasteiger partial charge is 0.0425 e. The maximum absolute atomic E-state index is 2.39. The highest BCUT2D eigenvalue weighted by molar-refractivity contribution is 5.69. The lowest BCUT2D eigenvalue weighted by Gasteiger charge is -2.28. The number of nitrogens with zero attached hydrogens (tertiary/aromatic N) is 2. The lowest BCUT2D eigenvalue weighted by Crippen LogP contribution is -2.36. The van der Waals surface area contributed by atoms with Crippen molar-refractivity contribution < 1.29 is 0 Å². The molecule has 1 aromatic carbocycles. The third-order valence-electron chi connectivity index (χ3n) is 4.20. The van der Waals surface area contributed by atoms with Crippen LogP contribution in [0.2, 0.25) is 0 Å². The van der Waals surface area contributed by atoms with Crippen LogP contribution < -0.4 is 9.80 Å². The second-order valence-corrected chi connectivity index (χ2v) is 5.60. The molecule has 0 aromatic heterocycles. The molecule has 0 radical (unpaired) electrons. The highest BCUT2D eigenvalue weighted by Gasteiger charge is 2.40. The number of hydrogen-bond donors (Lipinski definition) is 0. The van der Waals surface area contributed by atoms with Gasteiger partial charge in [0.15, 0.2) is 0 Å². The van der Waals surface area contributed by atoms with Crippen LogP contribution in [-0.4, -0.2) is 27.2 Å². The Morgan fingerprint density at radius 3 is 2.44 bits per heavy atom. The van der Waals surface area contributed by atoms with Gasteiger partial charge in [-0.3, -0.25) is 0 Å². The summed E-state index contributed by atoms with van der Waals surface area (Å²) in [6, 6.07) is 7.34. The quantitative estimate of drug-likeness (QED) is 0.715. The summed E-state index contributed by atoms with van der Waals surface area (Å²) >= 11 is 0. The van der Waals surface area contributed by atoms with E-state index in [9.17, 15) is 0 Å². The normalized spacial score (nSPS) is 22.1. The van der Waals surface area contributed by atoms with Crippen molar-refractivity contribution in [1.82, 2.24) is 0 Å². The molecule has 2 heteroatoms. The van der Waals surface area contributed by atoms with Gasteiger partial charge in [-0.1, -0.05) is 19.9 Å². The van der Waals surface area contributed by atoms with E-state index in [4.69, 9.17) is 0 Å². The molecule has 2 nitrogen and oxygen atoms in total. The fraction of sp³-hybridized carbons (Fsp3) is 0.571. The van der Waals surface area contributed by atoms with Crippen molar-refractivity contribution in [2.24, 2.45) is 0 Å². The summed E-state index contributed by atoms with van der Waals surface area (Å²) in [5.74, 6) is 0. The molecule has 1 aromatic rings. The Morgan fingerprint density at radius 2 is 1.88 bits per heavy atom. The number of rotatable bonds is 1. The monoisotopic (exact) mass is 218 g/mol. The van der Waals surface area contributed by atoms with Gasteiger partial charge in [-0.25, -0.2) is 0 Å². The third-order valence-corrected chi connectivity index (χ3v) is 4.20. The molecular formula is C14H22N2. The molecule has 0 saturated heterocycles. The molecular weight excluding hydrogens is 196 g/mol. The Hall–Kier alpha value is -1.18. The molecule has 0 spiro atoms. The van der Waals surface area contributed by atoms with Crippen molar-refractivity contribution in [3.8, 4) is 0 Å². The number of hydrogen-bond acceptors (Lipinski definition) is 2. The Morgan fingerprint density at radius 1 is 1.25 bits per heavy atom. The fourth-order valence-corrected chi connectivity index (χ4v) is 2.55. The average Bonchev–Trinajstić information content (AvgIpc) is 2.40. The van der Waals surface area contributed by atoms with E-state index >= 15 is 0 Å². The Kier molecular flexibility index (Phi) is 2.41. The summed E-state index contributed by atoms with van der Waals surface area (Å²) in [6.07, 6.45) is 0. The van der Waals surface area contributed by atoms with Gasteiger partial charge >= 0.3 is 0 Å². The van der Waals surface area contributed by atoms with Gasteiger partial charge in [0.2, 0.25) is 0 Å². The van der Waals surface area contributed by atoms with E-state index in [0.717, 1.165) is 0 Å². The molecule has 0 fully saturated rings. The van der Waals surface area contributed by atoms with Gasteiger partial charge in [0.1, 0.15) is 0 Å². The maximum atomic E-state index is 2.39. The van der Waals surface area contributed by atoms with E-state index in [1.807, 2.05) is 0 Å². The first-order chi connectivity index (χ1) is 7.35. The second-order valence-electron chi connectivity index (χ2n) is 5.60. The highest BCUT2D eigenvalue weighted by Crippen LogP contribution is 2.45. The summed E-state index contributed by atoms with van der Waals surface area (Å²) in [6.45, 7) is 6.96. The van der Waals surface area contributed by atoms with Gasteiger partial charge in [-0.15, -0.1) is 0 Å². The number of anilines is 2. The number of benzene rings is 1. The lowest BCUT2D eigenvalue weighted by atomic mass is 9.81. The molecule has 88 valence electrons. The molecule has 0 aliphatic carbocycles. The van der Waals surface area contributed by atoms with Crippen molar-refractivity contribution in [1.29, 1.82) is 0 Å². The van der Waals surface area contributed by atoms with Crippen molar-refractivity contribution in [2.75, 3.05) is 30.9 Å². The first kappa shape index (κ1) is 11.3. The standard InChI is InChI=1S/C14H22N2/c1-10-14(2,3)12-8-7-11(15(4)5)9-13(12)16(10)6/h7-10H,1-6H3. The van der Waals surface area contributed by atoms with Gasteiger partial charge in [0.05, 0.1) is 0 Å². The maximum Gasteiger partial charge on any atom is 0.0425 e. The first-order valence-corrected chi connectivity index (χ1v) is 5.90. The molecule has 0 amide bonds. The molecule has 1 aliphatic rings. The minimum atomic E-state index is 0.245. The van der Waals surface area contributed by atoms with Gasteiger partial charge in [-0.2, -0.15) is 0 Å². The van der Waals surface area contributed by atoms with E-state index in [1.54, 1.807) is 0 Å². The van der Waals surface area contributed by atoms with Crippen LogP contribution in [0.5, 0.6) is 0 Å². The predicted octanol–water partition coefficient (Wildman–Crippen LogP) is 2.87. The van der Waals surface area contributed by atoms with Gasteiger partial charge in [-0.05, 0) is 24.6 Å². The predicted molar refractivity (Wildman–Crippen MR) is 71.7 cm³/mol. The van der Waals surface area contributed by atoms with Crippen LogP contribution in [0.3, 0.4) is 0 Å². The van der Waals surface area contributed by atoms with Crippen LogP contribution in [0, 0.1) is 0 Å². The summed E-state index contributed by atoms with van der Waals surface area (Å²) in [5, 5.41) is 0. The van der Waals surface area contributed by atoms with Crippen molar-refractivity contribution >= 4 is 11.4 Å². The van der Waals surface area contributed by atoms with Crippen molar-refractivity contribution in [3.63, 3.8) is 0 Å². The van der Waals surface area contributed by atoms with E-state index in [0.29, 0.717) is 6.04 Å². The Balaban J connectivity index is 2.55. The van der Waals surface area contributed by atoms with Crippen LogP contribution >= 0.6 is 0 Å². The van der Waals surface area contributed by atoms with Gasteiger partial charge in [0.25, 0.3) is 0 Å². The molecule has 1 aliphatic heterocycles. The number of fused-ring (bicyclic) bond motifs is 1. The Labute approximate surface area is 98.9 Å². The second kappa shape index (κ2) is 3.41. The van der Waals surface area contributed by atoms with Crippen LogP contribution in [0.4, 0.5) is 11.4 Å². The van der Waals surface area contributed by atoms with Crippen LogP contribution in [-0.2, 0) is 5.41 Å². The van der Waals surface area contributed by atoms with E-state index in [1.165, 1.54) is 16.9 Å². The van der Waals surface area contributed by atoms with Crippen LogP contribution in [0.15, 0.2) is 18.2 Å². The SMILES string of the molecule is CC1N(C)c2cc(N(C)C)ccc2C1(C)C. The Bertz CT molecular complexity index is 407. The van der Waals surface area contributed by atoms with Crippen molar-refractivity contribution in [3.05, 3.63) is 23.8 Å². The molecule has 0 N–H and O–H groups in total. The summed E-state index contributed by atoms with van der Waals surface area (Å²) < 4.78 is 0.